The molecule has 0 saturated heterocycles. The molecule has 4 heteroatoms. The first kappa shape index (κ1) is 12.8. The maximum atomic E-state index is 9.69. The average Bonchev–Trinajstić information content (AvgIpc) is 2.49. The van der Waals surface area contributed by atoms with Crippen molar-refractivity contribution < 1.29 is 14.6 Å². The lowest BCUT2D eigenvalue weighted by Gasteiger charge is -2.19. The van der Waals surface area contributed by atoms with Gasteiger partial charge in [-0.2, -0.15) is 0 Å². The molecule has 0 atom stereocenters. The summed E-state index contributed by atoms with van der Waals surface area (Å²) in [6, 6.07) is 13.3. The number of benzene rings is 2. The van der Waals surface area contributed by atoms with E-state index in [1.807, 2.05) is 36.4 Å². The minimum Gasteiger partial charge on any atom is -0.508 e. The normalized spacial score (nSPS) is 13.2. The summed E-state index contributed by atoms with van der Waals surface area (Å²) >= 11 is 0. The van der Waals surface area contributed by atoms with Crippen LogP contribution in [0.15, 0.2) is 42.5 Å². The number of hydrogen-bond donors (Lipinski definition) is 2. The maximum Gasteiger partial charge on any atom is 0.161 e. The van der Waals surface area contributed by atoms with Gasteiger partial charge in [0.2, 0.25) is 0 Å². The molecule has 1 heterocycles. The van der Waals surface area contributed by atoms with Crippen molar-refractivity contribution in [2.75, 3.05) is 13.2 Å². The van der Waals surface area contributed by atoms with Gasteiger partial charge in [0.1, 0.15) is 19.0 Å². The number of phenolic OH excluding ortho intramolecular Hbond substituents is 1. The molecular weight excluding hydrogens is 254 g/mol. The third-order valence-corrected chi connectivity index (χ3v) is 3.24. The molecule has 3 rings (SSSR count). The Hall–Kier alpha value is -2.20. The Morgan fingerprint density at radius 1 is 0.950 bits per heavy atom. The summed E-state index contributed by atoms with van der Waals surface area (Å²) in [5.41, 5.74) is 2.02. The van der Waals surface area contributed by atoms with Crippen molar-refractivity contribution in [1.29, 1.82) is 0 Å². The van der Waals surface area contributed by atoms with Crippen LogP contribution in [0.4, 0.5) is 0 Å². The van der Waals surface area contributed by atoms with Gasteiger partial charge in [0.05, 0.1) is 0 Å². The van der Waals surface area contributed by atoms with E-state index in [0.29, 0.717) is 32.1 Å². The van der Waals surface area contributed by atoms with Crippen molar-refractivity contribution in [3.8, 4) is 17.2 Å². The zero-order valence-corrected chi connectivity index (χ0v) is 11.1. The molecule has 2 aromatic rings. The van der Waals surface area contributed by atoms with E-state index in [4.69, 9.17) is 9.47 Å². The van der Waals surface area contributed by atoms with Crippen molar-refractivity contribution in [3.63, 3.8) is 0 Å². The molecule has 0 bridgehead atoms. The van der Waals surface area contributed by atoms with E-state index < -0.39 is 0 Å². The number of nitrogens with one attached hydrogen (secondary N) is 1. The summed E-state index contributed by atoms with van der Waals surface area (Å²) in [7, 11) is 0. The molecule has 0 saturated carbocycles. The minimum atomic E-state index is 0.321. The van der Waals surface area contributed by atoms with Crippen molar-refractivity contribution in [2.24, 2.45) is 0 Å². The number of para-hydroxylation sites is 1. The monoisotopic (exact) mass is 271 g/mol. The second-order valence-corrected chi connectivity index (χ2v) is 4.71. The number of ether oxygens (including phenoxy) is 2. The molecule has 1 aliphatic heterocycles. The molecule has 2 aromatic carbocycles. The van der Waals surface area contributed by atoms with Crippen LogP contribution in [-0.4, -0.2) is 18.3 Å². The van der Waals surface area contributed by atoms with Crippen LogP contribution >= 0.6 is 0 Å². The van der Waals surface area contributed by atoms with E-state index in [-0.39, 0.29) is 0 Å². The maximum absolute atomic E-state index is 9.69. The lowest BCUT2D eigenvalue weighted by Crippen LogP contribution is -2.16. The van der Waals surface area contributed by atoms with Gasteiger partial charge in [-0.3, -0.25) is 0 Å². The van der Waals surface area contributed by atoms with E-state index in [2.05, 4.69) is 5.32 Å². The highest BCUT2D eigenvalue weighted by molar-refractivity contribution is 5.43. The van der Waals surface area contributed by atoms with Crippen LogP contribution in [0.25, 0.3) is 0 Å². The van der Waals surface area contributed by atoms with Gasteiger partial charge in [0.15, 0.2) is 11.5 Å². The molecular formula is C16H17NO3. The van der Waals surface area contributed by atoms with Crippen molar-refractivity contribution in [2.45, 2.75) is 13.1 Å². The second kappa shape index (κ2) is 5.84. The van der Waals surface area contributed by atoms with E-state index in [9.17, 15) is 5.11 Å². The Morgan fingerprint density at radius 3 is 2.60 bits per heavy atom. The first-order chi connectivity index (χ1) is 9.83. The van der Waals surface area contributed by atoms with E-state index in [1.54, 1.807) is 6.07 Å². The first-order valence-corrected chi connectivity index (χ1v) is 6.69. The summed E-state index contributed by atoms with van der Waals surface area (Å²) in [4.78, 5) is 0. The molecule has 104 valence electrons. The number of phenols is 1. The quantitative estimate of drug-likeness (QED) is 0.897. The standard InChI is InChI=1S/C16H17NO3/c18-14-4-2-1-3-13(14)11-17-10-12-5-6-15-16(9-12)20-8-7-19-15/h1-6,9,17-18H,7-8,10-11H2. The molecule has 2 N–H and O–H groups in total. The Kier molecular flexibility index (Phi) is 3.74. The zero-order chi connectivity index (χ0) is 13.8. The van der Waals surface area contributed by atoms with Crippen molar-refractivity contribution in [1.82, 2.24) is 5.32 Å². The van der Waals surface area contributed by atoms with Gasteiger partial charge in [-0.15, -0.1) is 0 Å². The largest absolute Gasteiger partial charge is 0.508 e. The lowest BCUT2D eigenvalue weighted by atomic mass is 10.1. The predicted molar refractivity (Wildman–Crippen MR) is 76.1 cm³/mol. The predicted octanol–water partition coefficient (Wildman–Crippen LogP) is 2.45. The van der Waals surface area contributed by atoms with Gasteiger partial charge in [-0.05, 0) is 23.8 Å². The van der Waals surface area contributed by atoms with Crippen LogP contribution in [0.1, 0.15) is 11.1 Å². The summed E-state index contributed by atoms with van der Waals surface area (Å²) in [5.74, 6) is 1.93. The van der Waals surface area contributed by atoms with Crippen molar-refractivity contribution >= 4 is 0 Å². The Labute approximate surface area is 118 Å². The third-order valence-electron chi connectivity index (χ3n) is 3.24. The summed E-state index contributed by atoms with van der Waals surface area (Å²) in [6.45, 7) is 2.55. The smallest absolute Gasteiger partial charge is 0.161 e. The van der Waals surface area contributed by atoms with Gasteiger partial charge in [0.25, 0.3) is 0 Å². The van der Waals surface area contributed by atoms with Gasteiger partial charge in [-0.1, -0.05) is 24.3 Å². The summed E-state index contributed by atoms with van der Waals surface area (Å²) < 4.78 is 11.0. The van der Waals surface area contributed by atoms with Crippen LogP contribution < -0.4 is 14.8 Å². The fraction of sp³-hybridized carbons (Fsp3) is 0.250. The average molecular weight is 271 g/mol. The molecule has 0 unspecified atom stereocenters. The Balaban J connectivity index is 1.60. The van der Waals surface area contributed by atoms with Crippen LogP contribution in [0.3, 0.4) is 0 Å². The Bertz CT molecular complexity index is 598. The molecule has 0 aliphatic carbocycles. The molecule has 0 fully saturated rings. The number of fused-ring (bicyclic) bond motifs is 1. The first-order valence-electron chi connectivity index (χ1n) is 6.69. The molecule has 0 amide bonds. The van der Waals surface area contributed by atoms with Gasteiger partial charge in [-0.25, -0.2) is 0 Å². The van der Waals surface area contributed by atoms with Crippen LogP contribution in [0.2, 0.25) is 0 Å². The number of hydrogen-bond acceptors (Lipinski definition) is 4. The molecule has 0 aromatic heterocycles. The highest BCUT2D eigenvalue weighted by Gasteiger charge is 2.11. The van der Waals surface area contributed by atoms with Crippen LogP contribution in [-0.2, 0) is 13.1 Å². The number of aromatic hydroxyl groups is 1. The molecule has 0 radical (unpaired) electrons. The zero-order valence-electron chi connectivity index (χ0n) is 11.1. The lowest BCUT2D eigenvalue weighted by molar-refractivity contribution is 0.171. The number of rotatable bonds is 4. The second-order valence-electron chi connectivity index (χ2n) is 4.71. The topological polar surface area (TPSA) is 50.7 Å². The van der Waals surface area contributed by atoms with E-state index in [1.165, 1.54) is 0 Å². The molecule has 20 heavy (non-hydrogen) atoms. The third kappa shape index (κ3) is 2.86. The minimum absolute atomic E-state index is 0.321. The summed E-state index contributed by atoms with van der Waals surface area (Å²) in [6.07, 6.45) is 0. The van der Waals surface area contributed by atoms with Gasteiger partial charge in [0, 0.05) is 18.7 Å². The highest BCUT2D eigenvalue weighted by Crippen LogP contribution is 2.30. The Morgan fingerprint density at radius 2 is 1.75 bits per heavy atom. The molecule has 4 nitrogen and oxygen atoms in total. The fourth-order valence-electron chi connectivity index (χ4n) is 2.20. The summed E-state index contributed by atoms with van der Waals surface area (Å²) in [5, 5.41) is 13.0. The fourth-order valence-corrected chi connectivity index (χ4v) is 2.20. The van der Waals surface area contributed by atoms with Crippen LogP contribution in [0, 0.1) is 0 Å². The van der Waals surface area contributed by atoms with Gasteiger partial charge < -0.3 is 19.9 Å². The highest BCUT2D eigenvalue weighted by atomic mass is 16.6. The SMILES string of the molecule is Oc1ccccc1CNCc1ccc2c(c1)OCCO2. The van der Waals surface area contributed by atoms with E-state index in [0.717, 1.165) is 22.6 Å². The van der Waals surface area contributed by atoms with Crippen molar-refractivity contribution in [3.05, 3.63) is 53.6 Å². The molecule has 1 aliphatic rings. The van der Waals surface area contributed by atoms with Gasteiger partial charge >= 0.3 is 0 Å². The van der Waals surface area contributed by atoms with E-state index >= 15 is 0 Å². The van der Waals surface area contributed by atoms with Crippen LogP contribution in [0.5, 0.6) is 17.2 Å². The molecule has 0 spiro atoms.